The van der Waals surface area contributed by atoms with Crippen LogP contribution in [-0.2, 0) is 10.0 Å². The van der Waals surface area contributed by atoms with Crippen LogP contribution in [0.25, 0.3) is 0 Å². The molecule has 0 spiro atoms. The Morgan fingerprint density at radius 2 is 1.92 bits per heavy atom. The van der Waals surface area contributed by atoms with Gasteiger partial charge < -0.3 is 5.73 Å². The number of aryl methyl sites for hydroxylation is 2. The van der Waals surface area contributed by atoms with Crippen LogP contribution in [0.1, 0.15) is 30.9 Å². The van der Waals surface area contributed by atoms with E-state index in [1.807, 2.05) is 6.92 Å². The van der Waals surface area contributed by atoms with Gasteiger partial charge in [-0.25, -0.2) is 8.42 Å². The molecule has 136 valence electrons. The first-order chi connectivity index (χ1) is 10.7. The highest BCUT2D eigenvalue weighted by Gasteiger charge is 2.39. The van der Waals surface area contributed by atoms with Crippen molar-refractivity contribution < 1.29 is 13.3 Å². The molecule has 0 amide bonds. The van der Waals surface area contributed by atoms with Crippen molar-refractivity contribution in [3.63, 3.8) is 0 Å². The SMILES string of the molecule is Cc1cc([N+](=O)[O-])c(S(=O)(=O)N2CCCC(C)C2CN)cc1C.Cl. The van der Waals surface area contributed by atoms with Crippen molar-refractivity contribution in [3.8, 4) is 0 Å². The molecule has 1 fully saturated rings. The van der Waals surface area contributed by atoms with Crippen molar-refractivity contribution in [3.05, 3.63) is 33.4 Å². The van der Waals surface area contributed by atoms with Crippen LogP contribution < -0.4 is 5.73 Å². The van der Waals surface area contributed by atoms with Crippen molar-refractivity contribution in [1.82, 2.24) is 4.31 Å². The van der Waals surface area contributed by atoms with E-state index in [1.54, 1.807) is 13.8 Å². The maximum absolute atomic E-state index is 13.1. The van der Waals surface area contributed by atoms with Gasteiger partial charge in [-0.3, -0.25) is 10.1 Å². The van der Waals surface area contributed by atoms with E-state index in [4.69, 9.17) is 5.73 Å². The lowest BCUT2D eigenvalue weighted by Gasteiger charge is -2.38. The summed E-state index contributed by atoms with van der Waals surface area (Å²) in [6.45, 7) is 5.99. The zero-order chi connectivity index (χ0) is 17.4. The van der Waals surface area contributed by atoms with Crippen LogP contribution in [0.4, 0.5) is 5.69 Å². The van der Waals surface area contributed by atoms with Crippen molar-refractivity contribution in [1.29, 1.82) is 0 Å². The lowest BCUT2D eigenvalue weighted by atomic mass is 9.93. The molecule has 1 saturated heterocycles. The van der Waals surface area contributed by atoms with Crippen molar-refractivity contribution >= 4 is 28.1 Å². The molecule has 0 aliphatic carbocycles. The molecule has 2 unspecified atom stereocenters. The van der Waals surface area contributed by atoms with Crippen molar-refractivity contribution in [2.45, 2.75) is 44.6 Å². The van der Waals surface area contributed by atoms with Crippen LogP contribution >= 0.6 is 12.4 Å². The minimum atomic E-state index is -3.96. The monoisotopic (exact) mass is 377 g/mol. The second kappa shape index (κ2) is 7.77. The Labute approximate surface area is 148 Å². The first kappa shape index (κ1) is 20.8. The maximum atomic E-state index is 13.1. The lowest BCUT2D eigenvalue weighted by Crippen LogP contribution is -2.51. The van der Waals surface area contributed by atoms with Gasteiger partial charge >= 0.3 is 0 Å². The molecule has 0 radical (unpaired) electrons. The van der Waals surface area contributed by atoms with Gasteiger partial charge in [-0.15, -0.1) is 12.4 Å². The highest BCUT2D eigenvalue weighted by atomic mass is 35.5. The molecule has 0 aromatic heterocycles. The second-order valence-corrected chi connectivity index (χ2v) is 8.06. The number of nitrogens with two attached hydrogens (primary N) is 1. The van der Waals surface area contributed by atoms with E-state index >= 15 is 0 Å². The highest BCUT2D eigenvalue weighted by molar-refractivity contribution is 7.89. The van der Waals surface area contributed by atoms with Gasteiger partial charge in [0.25, 0.3) is 5.69 Å². The van der Waals surface area contributed by atoms with E-state index in [2.05, 4.69) is 0 Å². The fourth-order valence-electron chi connectivity index (χ4n) is 3.11. The zero-order valence-corrected chi connectivity index (χ0v) is 15.7. The Balaban J connectivity index is 0.00000288. The van der Waals surface area contributed by atoms with Gasteiger partial charge in [-0.2, -0.15) is 4.31 Å². The molecule has 0 bridgehead atoms. The van der Waals surface area contributed by atoms with Crippen LogP contribution in [0.2, 0.25) is 0 Å². The number of sulfonamides is 1. The average molecular weight is 378 g/mol. The number of halogens is 1. The first-order valence-electron chi connectivity index (χ1n) is 7.67. The molecule has 1 aromatic rings. The minimum absolute atomic E-state index is 0. The third-order valence-electron chi connectivity index (χ3n) is 4.66. The Hall–Kier alpha value is -1.22. The Kier molecular flexibility index (Phi) is 6.75. The molecule has 1 aliphatic rings. The van der Waals surface area contributed by atoms with Crippen LogP contribution in [0.3, 0.4) is 0 Å². The number of piperidine rings is 1. The van der Waals surface area contributed by atoms with E-state index in [1.165, 1.54) is 16.4 Å². The third kappa shape index (κ3) is 3.72. The van der Waals surface area contributed by atoms with Gasteiger partial charge in [-0.05, 0) is 49.8 Å². The van der Waals surface area contributed by atoms with E-state index in [-0.39, 0.29) is 41.5 Å². The summed E-state index contributed by atoms with van der Waals surface area (Å²) in [6.07, 6.45) is 1.64. The molecule has 2 N–H and O–H groups in total. The van der Waals surface area contributed by atoms with E-state index in [0.29, 0.717) is 17.7 Å². The number of rotatable bonds is 4. The summed E-state index contributed by atoms with van der Waals surface area (Å²) in [7, 11) is -3.96. The quantitative estimate of drug-likeness (QED) is 0.640. The van der Waals surface area contributed by atoms with Crippen LogP contribution in [-0.4, -0.2) is 36.8 Å². The van der Waals surface area contributed by atoms with E-state index in [9.17, 15) is 18.5 Å². The summed E-state index contributed by atoms with van der Waals surface area (Å²) in [5.41, 5.74) is 6.80. The predicted octanol–water partition coefficient (Wildman–Crippen LogP) is 2.38. The number of benzene rings is 1. The van der Waals surface area contributed by atoms with Crippen LogP contribution in [0.5, 0.6) is 0 Å². The molecule has 7 nitrogen and oxygen atoms in total. The van der Waals surface area contributed by atoms with Crippen molar-refractivity contribution in [2.75, 3.05) is 13.1 Å². The van der Waals surface area contributed by atoms with Crippen LogP contribution in [0.15, 0.2) is 17.0 Å². The second-order valence-electron chi connectivity index (χ2n) is 6.20. The van der Waals surface area contributed by atoms with E-state index in [0.717, 1.165) is 12.8 Å². The molecule has 1 heterocycles. The molecule has 2 rings (SSSR count). The smallest absolute Gasteiger partial charge is 0.289 e. The number of hydrogen-bond acceptors (Lipinski definition) is 5. The molecule has 1 aliphatic heterocycles. The fourth-order valence-corrected chi connectivity index (χ4v) is 5.11. The molecule has 9 heteroatoms. The van der Waals surface area contributed by atoms with E-state index < -0.39 is 14.9 Å². The maximum Gasteiger partial charge on any atom is 0.289 e. The molecule has 2 atom stereocenters. The largest absolute Gasteiger partial charge is 0.329 e. The summed E-state index contributed by atoms with van der Waals surface area (Å²) < 4.78 is 27.5. The van der Waals surface area contributed by atoms with Gasteiger partial charge in [0.1, 0.15) is 0 Å². The standard InChI is InChI=1S/C15H23N3O4S.ClH/c1-10-5-4-6-17(14(10)9-16)23(21,22)15-8-12(3)11(2)7-13(15)18(19)20;/h7-8,10,14H,4-6,9,16H2,1-3H3;1H. The van der Waals surface area contributed by atoms with Gasteiger partial charge in [-0.1, -0.05) is 6.92 Å². The van der Waals surface area contributed by atoms with Crippen molar-refractivity contribution in [2.24, 2.45) is 11.7 Å². The summed E-state index contributed by atoms with van der Waals surface area (Å²) in [6, 6.07) is 2.40. The first-order valence-corrected chi connectivity index (χ1v) is 9.11. The summed E-state index contributed by atoms with van der Waals surface area (Å²) >= 11 is 0. The number of nitro benzene ring substituents is 1. The molecule has 0 saturated carbocycles. The normalized spacial score (nSPS) is 22.0. The minimum Gasteiger partial charge on any atom is -0.329 e. The predicted molar refractivity (Wildman–Crippen MR) is 95.0 cm³/mol. The lowest BCUT2D eigenvalue weighted by molar-refractivity contribution is -0.387. The Morgan fingerprint density at radius 3 is 2.46 bits per heavy atom. The Bertz CT molecular complexity index is 724. The average Bonchev–Trinajstić information content (AvgIpc) is 2.48. The third-order valence-corrected chi connectivity index (χ3v) is 6.62. The number of hydrogen-bond donors (Lipinski definition) is 1. The number of nitrogens with zero attached hydrogens (tertiary/aromatic N) is 2. The summed E-state index contributed by atoms with van der Waals surface area (Å²) in [4.78, 5) is 10.5. The zero-order valence-electron chi connectivity index (χ0n) is 14.1. The summed E-state index contributed by atoms with van der Waals surface area (Å²) in [5, 5.41) is 11.3. The molecule has 1 aromatic carbocycles. The molecular formula is C15H24ClN3O4S. The van der Waals surface area contributed by atoms with Gasteiger partial charge in [0.05, 0.1) is 4.92 Å². The summed E-state index contributed by atoms with van der Waals surface area (Å²) in [5.74, 6) is 0.133. The Morgan fingerprint density at radius 1 is 1.33 bits per heavy atom. The molecule has 24 heavy (non-hydrogen) atoms. The van der Waals surface area contributed by atoms with Gasteiger partial charge in [0.15, 0.2) is 4.90 Å². The highest BCUT2D eigenvalue weighted by Crippen LogP contribution is 2.34. The topological polar surface area (TPSA) is 107 Å². The fraction of sp³-hybridized carbons (Fsp3) is 0.600. The van der Waals surface area contributed by atoms with Crippen LogP contribution in [0, 0.1) is 29.9 Å². The van der Waals surface area contributed by atoms with Gasteiger partial charge in [0.2, 0.25) is 10.0 Å². The number of nitro groups is 1. The molecular weight excluding hydrogens is 354 g/mol. The van der Waals surface area contributed by atoms with Gasteiger partial charge in [0, 0.05) is 25.2 Å².